The van der Waals surface area contributed by atoms with Crippen LogP contribution in [0.1, 0.15) is 15.9 Å². The van der Waals surface area contributed by atoms with Crippen LogP contribution in [0.4, 0.5) is 5.69 Å². The van der Waals surface area contributed by atoms with Gasteiger partial charge in [-0.3, -0.25) is 4.79 Å². The van der Waals surface area contributed by atoms with E-state index in [0.717, 1.165) is 14.5 Å². The number of amides is 1. The lowest BCUT2D eigenvalue weighted by atomic mass is 10.1. The van der Waals surface area contributed by atoms with Gasteiger partial charge in [0.2, 0.25) is 0 Å². The fraction of sp³-hybridized carbons (Fsp3) is 0.133. The molecule has 2 aromatic rings. The molecule has 0 radical (unpaired) electrons. The van der Waals surface area contributed by atoms with Crippen molar-refractivity contribution in [3.63, 3.8) is 0 Å². The van der Waals surface area contributed by atoms with E-state index in [4.69, 9.17) is 5.73 Å². The number of nitrogens with two attached hydrogens (primary N) is 1. The lowest BCUT2D eigenvalue weighted by Gasteiger charge is -2.18. The summed E-state index contributed by atoms with van der Waals surface area (Å²) in [5, 5.41) is 0. The third-order valence-corrected chi connectivity index (χ3v) is 4.03. The molecule has 0 bridgehead atoms. The molecule has 2 rings (SSSR count). The van der Waals surface area contributed by atoms with Crippen LogP contribution in [0.25, 0.3) is 0 Å². The standard InChI is InChI=1S/C15H14Br2N2O/c1-19(9-10-3-2-4-12(18)7-10)15(20)13-6-5-11(16)8-14(13)17/h2-8H,9,18H2,1H3. The molecule has 3 nitrogen and oxygen atoms in total. The number of nitrogen functional groups attached to an aromatic ring is 1. The molecule has 0 aliphatic rings. The van der Waals surface area contributed by atoms with Crippen molar-refractivity contribution in [2.24, 2.45) is 0 Å². The van der Waals surface area contributed by atoms with Crippen LogP contribution in [0.3, 0.4) is 0 Å². The second-order valence-corrected chi connectivity index (χ2v) is 6.30. The minimum Gasteiger partial charge on any atom is -0.399 e. The molecule has 0 aliphatic carbocycles. The summed E-state index contributed by atoms with van der Waals surface area (Å²) in [6, 6.07) is 13.1. The molecule has 0 spiro atoms. The van der Waals surface area contributed by atoms with Crippen molar-refractivity contribution in [2.45, 2.75) is 6.54 Å². The number of benzene rings is 2. The van der Waals surface area contributed by atoms with Crippen molar-refractivity contribution in [3.05, 3.63) is 62.5 Å². The van der Waals surface area contributed by atoms with Crippen LogP contribution in [0, 0.1) is 0 Å². The van der Waals surface area contributed by atoms with E-state index >= 15 is 0 Å². The van der Waals surface area contributed by atoms with Gasteiger partial charge in [-0.15, -0.1) is 0 Å². The van der Waals surface area contributed by atoms with Crippen LogP contribution in [-0.4, -0.2) is 17.9 Å². The fourth-order valence-corrected chi connectivity index (χ4v) is 3.12. The third kappa shape index (κ3) is 3.61. The lowest BCUT2D eigenvalue weighted by molar-refractivity contribution is 0.0784. The molecular formula is C15H14Br2N2O. The highest BCUT2D eigenvalue weighted by Gasteiger charge is 2.15. The SMILES string of the molecule is CN(Cc1cccc(N)c1)C(=O)c1ccc(Br)cc1Br. The summed E-state index contributed by atoms with van der Waals surface area (Å²) >= 11 is 6.79. The largest absolute Gasteiger partial charge is 0.399 e. The number of nitrogens with zero attached hydrogens (tertiary/aromatic N) is 1. The van der Waals surface area contributed by atoms with E-state index in [2.05, 4.69) is 31.9 Å². The number of hydrogen-bond acceptors (Lipinski definition) is 2. The summed E-state index contributed by atoms with van der Waals surface area (Å²) in [5.41, 5.74) is 8.10. The molecule has 1 amide bonds. The summed E-state index contributed by atoms with van der Waals surface area (Å²) in [4.78, 5) is 14.1. The van der Waals surface area contributed by atoms with Gasteiger partial charge in [-0.1, -0.05) is 28.1 Å². The number of carbonyl (C=O) groups excluding carboxylic acids is 1. The maximum Gasteiger partial charge on any atom is 0.255 e. The molecule has 0 saturated heterocycles. The molecule has 0 fully saturated rings. The van der Waals surface area contributed by atoms with E-state index in [1.54, 1.807) is 18.0 Å². The van der Waals surface area contributed by atoms with Crippen molar-refractivity contribution in [1.82, 2.24) is 4.90 Å². The summed E-state index contributed by atoms with van der Waals surface area (Å²) in [6.07, 6.45) is 0. The molecule has 0 atom stereocenters. The summed E-state index contributed by atoms with van der Waals surface area (Å²) < 4.78 is 1.70. The quantitative estimate of drug-likeness (QED) is 0.793. The monoisotopic (exact) mass is 396 g/mol. The Labute approximate surface area is 135 Å². The molecular weight excluding hydrogens is 384 g/mol. The zero-order valence-corrected chi connectivity index (χ0v) is 14.1. The zero-order valence-electron chi connectivity index (χ0n) is 10.9. The first-order chi connectivity index (χ1) is 9.47. The Balaban J connectivity index is 2.16. The normalized spacial score (nSPS) is 10.3. The minimum atomic E-state index is -0.0354. The van der Waals surface area contributed by atoms with E-state index in [-0.39, 0.29) is 5.91 Å². The molecule has 0 aliphatic heterocycles. The molecule has 2 aromatic carbocycles. The number of carbonyl (C=O) groups is 1. The Hall–Kier alpha value is -1.33. The van der Waals surface area contributed by atoms with Gasteiger partial charge in [-0.25, -0.2) is 0 Å². The van der Waals surface area contributed by atoms with Gasteiger partial charge in [-0.2, -0.15) is 0 Å². The molecule has 0 unspecified atom stereocenters. The number of anilines is 1. The second kappa shape index (κ2) is 6.41. The van der Waals surface area contributed by atoms with E-state index in [0.29, 0.717) is 17.8 Å². The number of hydrogen-bond donors (Lipinski definition) is 1. The molecule has 104 valence electrons. The van der Waals surface area contributed by atoms with Crippen LogP contribution in [0.2, 0.25) is 0 Å². The Morgan fingerprint density at radius 3 is 2.60 bits per heavy atom. The van der Waals surface area contributed by atoms with Crippen molar-refractivity contribution >= 4 is 43.5 Å². The van der Waals surface area contributed by atoms with Gasteiger partial charge in [0.15, 0.2) is 0 Å². The number of rotatable bonds is 3. The van der Waals surface area contributed by atoms with Crippen molar-refractivity contribution in [1.29, 1.82) is 0 Å². The predicted octanol–water partition coefficient (Wildman–Crippen LogP) is 4.07. The maximum atomic E-state index is 12.4. The fourth-order valence-electron chi connectivity index (χ4n) is 1.91. The highest BCUT2D eigenvalue weighted by atomic mass is 79.9. The predicted molar refractivity (Wildman–Crippen MR) is 88.5 cm³/mol. The summed E-state index contributed by atoms with van der Waals surface area (Å²) in [5.74, 6) is -0.0354. The van der Waals surface area contributed by atoms with Crippen molar-refractivity contribution < 1.29 is 4.79 Å². The molecule has 20 heavy (non-hydrogen) atoms. The molecule has 0 aromatic heterocycles. The molecule has 0 saturated carbocycles. The van der Waals surface area contributed by atoms with Gasteiger partial charge >= 0.3 is 0 Å². The smallest absolute Gasteiger partial charge is 0.255 e. The van der Waals surface area contributed by atoms with Crippen LogP contribution >= 0.6 is 31.9 Å². The lowest BCUT2D eigenvalue weighted by Crippen LogP contribution is -2.26. The first kappa shape index (κ1) is 15.1. The Morgan fingerprint density at radius 1 is 1.20 bits per heavy atom. The van der Waals surface area contributed by atoms with Crippen LogP contribution in [0.5, 0.6) is 0 Å². The third-order valence-electron chi connectivity index (χ3n) is 2.88. The van der Waals surface area contributed by atoms with Gasteiger partial charge < -0.3 is 10.6 Å². The highest BCUT2D eigenvalue weighted by molar-refractivity contribution is 9.11. The first-order valence-electron chi connectivity index (χ1n) is 6.02. The summed E-state index contributed by atoms with van der Waals surface area (Å²) in [6.45, 7) is 0.520. The highest BCUT2D eigenvalue weighted by Crippen LogP contribution is 2.23. The van der Waals surface area contributed by atoms with E-state index in [9.17, 15) is 4.79 Å². The molecule has 5 heteroatoms. The average Bonchev–Trinajstić information content (AvgIpc) is 2.38. The Kier molecular flexibility index (Phi) is 4.83. The van der Waals surface area contributed by atoms with Gasteiger partial charge in [0, 0.05) is 28.2 Å². The topological polar surface area (TPSA) is 46.3 Å². The van der Waals surface area contributed by atoms with Crippen molar-refractivity contribution in [3.8, 4) is 0 Å². The average molecular weight is 398 g/mol. The molecule has 2 N–H and O–H groups in total. The minimum absolute atomic E-state index is 0.0354. The van der Waals surface area contributed by atoms with Gasteiger partial charge in [-0.05, 0) is 51.8 Å². The van der Waals surface area contributed by atoms with Gasteiger partial charge in [0.1, 0.15) is 0 Å². The summed E-state index contributed by atoms with van der Waals surface area (Å²) in [7, 11) is 1.78. The number of halogens is 2. The van der Waals surface area contributed by atoms with Gasteiger partial charge in [0.25, 0.3) is 5.91 Å². The Bertz CT molecular complexity index is 644. The van der Waals surface area contributed by atoms with E-state index in [1.165, 1.54) is 0 Å². The van der Waals surface area contributed by atoms with E-state index < -0.39 is 0 Å². The second-order valence-electron chi connectivity index (χ2n) is 4.53. The molecule has 0 heterocycles. The van der Waals surface area contributed by atoms with Crippen LogP contribution in [0.15, 0.2) is 51.4 Å². The van der Waals surface area contributed by atoms with Crippen molar-refractivity contribution in [2.75, 3.05) is 12.8 Å². The van der Waals surface area contributed by atoms with Crippen LogP contribution in [-0.2, 0) is 6.54 Å². The maximum absolute atomic E-state index is 12.4. The zero-order chi connectivity index (χ0) is 14.7. The van der Waals surface area contributed by atoms with Gasteiger partial charge in [0.05, 0.1) is 5.56 Å². The first-order valence-corrected chi connectivity index (χ1v) is 7.61. The van der Waals surface area contributed by atoms with E-state index in [1.807, 2.05) is 36.4 Å². The van der Waals surface area contributed by atoms with Crippen LogP contribution < -0.4 is 5.73 Å². The Morgan fingerprint density at radius 2 is 1.95 bits per heavy atom.